The molecule has 5 rings (SSSR count). The normalized spacial score (nSPS) is 24.0. The second kappa shape index (κ2) is 8.10. The Hall–Kier alpha value is -3.89. The first-order valence-electron chi connectivity index (χ1n) is 11.1. The van der Waals surface area contributed by atoms with Crippen LogP contribution in [0.1, 0.15) is 30.4 Å². The number of hydrogen-bond donors (Lipinski definition) is 2. The highest BCUT2D eigenvalue weighted by Crippen LogP contribution is 2.41. The van der Waals surface area contributed by atoms with E-state index < -0.39 is 54.5 Å². The van der Waals surface area contributed by atoms with E-state index in [1.165, 1.54) is 24.3 Å². The van der Waals surface area contributed by atoms with Crippen molar-refractivity contribution in [3.63, 3.8) is 0 Å². The van der Waals surface area contributed by atoms with Crippen LogP contribution in [0.5, 0.6) is 0 Å². The van der Waals surface area contributed by atoms with Crippen LogP contribution in [-0.4, -0.2) is 47.4 Å². The van der Waals surface area contributed by atoms with E-state index in [0.29, 0.717) is 28.2 Å². The third kappa shape index (κ3) is 3.71. The molecule has 2 heterocycles. The lowest BCUT2D eigenvalue weighted by Crippen LogP contribution is -2.53. The topological polar surface area (TPSA) is 98.8 Å². The maximum atomic E-state index is 14.0. The van der Waals surface area contributed by atoms with E-state index in [9.17, 15) is 32.3 Å². The Morgan fingerprint density at radius 2 is 1.77 bits per heavy atom. The van der Waals surface area contributed by atoms with Crippen molar-refractivity contribution in [2.75, 3.05) is 16.8 Å². The number of para-hydroxylation sites is 2. The zero-order valence-corrected chi connectivity index (χ0v) is 18.4. The number of rotatable bonds is 2. The third-order valence-electron chi connectivity index (χ3n) is 6.72. The lowest BCUT2D eigenvalue weighted by atomic mass is 9.76. The number of carbonyl (C=O) groups is 4. The lowest BCUT2D eigenvalue weighted by molar-refractivity contribution is -0.158. The molecule has 0 aromatic heterocycles. The molecular formula is C24H21F3N4O4. The van der Waals surface area contributed by atoms with Gasteiger partial charge in [-0.1, -0.05) is 36.4 Å². The third-order valence-corrected chi connectivity index (χ3v) is 6.72. The van der Waals surface area contributed by atoms with Crippen LogP contribution < -0.4 is 15.5 Å². The van der Waals surface area contributed by atoms with Gasteiger partial charge in [0, 0.05) is 0 Å². The molecule has 182 valence electrons. The van der Waals surface area contributed by atoms with Crippen molar-refractivity contribution in [2.24, 2.45) is 0 Å². The van der Waals surface area contributed by atoms with Gasteiger partial charge in [-0.05, 0) is 42.5 Å². The van der Waals surface area contributed by atoms with Gasteiger partial charge in [-0.3, -0.25) is 24.2 Å². The molecular weight excluding hydrogens is 465 g/mol. The van der Waals surface area contributed by atoms with Crippen LogP contribution in [0.3, 0.4) is 0 Å². The summed E-state index contributed by atoms with van der Waals surface area (Å²) in [6.45, 7) is -0.899. The van der Waals surface area contributed by atoms with Gasteiger partial charge in [-0.15, -0.1) is 0 Å². The number of anilines is 2. The first kappa shape index (κ1) is 22.9. The first-order chi connectivity index (χ1) is 16.6. The maximum Gasteiger partial charge on any atom is 0.409 e. The molecule has 35 heavy (non-hydrogen) atoms. The second-order valence-electron chi connectivity index (χ2n) is 8.83. The van der Waals surface area contributed by atoms with Crippen LogP contribution in [0.4, 0.5) is 29.3 Å². The summed E-state index contributed by atoms with van der Waals surface area (Å²) >= 11 is 0. The fraction of sp³-hybridized carbons (Fsp3) is 0.333. The molecule has 1 aliphatic carbocycles. The summed E-state index contributed by atoms with van der Waals surface area (Å²) in [5, 5.41) is 5.08. The minimum atomic E-state index is -4.93. The molecule has 0 bridgehead atoms. The Kier molecular flexibility index (Phi) is 5.30. The van der Waals surface area contributed by atoms with Gasteiger partial charge in [0.15, 0.2) is 0 Å². The molecule has 11 heteroatoms. The molecule has 2 atom stereocenters. The molecule has 2 aliphatic heterocycles. The molecule has 8 nitrogen and oxygen atoms in total. The highest BCUT2D eigenvalue weighted by atomic mass is 19.4. The number of halogens is 3. The molecule has 5 amide bonds. The highest BCUT2D eigenvalue weighted by Gasteiger charge is 2.55. The monoisotopic (exact) mass is 486 g/mol. The largest absolute Gasteiger partial charge is 0.409 e. The number of imide groups is 1. The summed E-state index contributed by atoms with van der Waals surface area (Å²) in [5.41, 5.74) is 0.0402. The predicted molar refractivity (Wildman–Crippen MR) is 118 cm³/mol. The average Bonchev–Trinajstić information content (AvgIpc) is 2.94. The molecule has 0 saturated carbocycles. The molecule has 2 N–H and O–H groups in total. The van der Waals surface area contributed by atoms with Crippen molar-refractivity contribution in [3.8, 4) is 0 Å². The van der Waals surface area contributed by atoms with E-state index in [-0.39, 0.29) is 11.4 Å². The highest BCUT2D eigenvalue weighted by molar-refractivity contribution is 6.12. The fourth-order valence-corrected chi connectivity index (χ4v) is 5.16. The van der Waals surface area contributed by atoms with Gasteiger partial charge in [0.2, 0.25) is 11.8 Å². The van der Waals surface area contributed by atoms with Crippen molar-refractivity contribution in [3.05, 3.63) is 59.7 Å². The minimum Gasteiger partial charge on any atom is -0.324 e. The van der Waals surface area contributed by atoms with E-state index in [0.717, 1.165) is 12.0 Å². The van der Waals surface area contributed by atoms with Gasteiger partial charge in [-0.25, -0.2) is 4.79 Å². The number of alkyl halides is 3. The van der Waals surface area contributed by atoms with Crippen molar-refractivity contribution in [1.82, 2.24) is 10.2 Å². The van der Waals surface area contributed by atoms with Crippen molar-refractivity contribution in [2.45, 2.75) is 43.4 Å². The zero-order chi connectivity index (χ0) is 25.0. The number of nitrogens with zero attached hydrogens (tertiary/aromatic N) is 2. The summed E-state index contributed by atoms with van der Waals surface area (Å²) in [5.74, 6) is -2.70. The Bertz CT molecular complexity index is 1250. The fourth-order valence-electron chi connectivity index (χ4n) is 5.16. The number of hydrogen-bond acceptors (Lipinski definition) is 4. The lowest BCUT2D eigenvalue weighted by Gasteiger charge is -2.34. The number of benzene rings is 2. The SMILES string of the molecule is O=C1C[C@@H](C(F)(F)F)N(C(=O)CN2C(=O)N[C@]3(CCCc4ccccc43)C2=O)c2ccccc2N1. The predicted octanol–water partition coefficient (Wildman–Crippen LogP) is 3.08. The van der Waals surface area contributed by atoms with E-state index in [2.05, 4.69) is 10.6 Å². The van der Waals surface area contributed by atoms with E-state index in [1.807, 2.05) is 12.1 Å². The van der Waals surface area contributed by atoms with Crippen LogP contribution in [-0.2, 0) is 26.3 Å². The zero-order valence-electron chi connectivity index (χ0n) is 18.4. The maximum absolute atomic E-state index is 14.0. The smallest absolute Gasteiger partial charge is 0.324 e. The first-order valence-corrected chi connectivity index (χ1v) is 11.1. The quantitative estimate of drug-likeness (QED) is 0.638. The molecule has 1 fully saturated rings. The number of nitrogens with one attached hydrogen (secondary N) is 2. The van der Waals surface area contributed by atoms with Gasteiger partial charge in [0.05, 0.1) is 17.8 Å². The van der Waals surface area contributed by atoms with Gasteiger partial charge in [0.1, 0.15) is 18.1 Å². The van der Waals surface area contributed by atoms with Crippen molar-refractivity contribution < 1.29 is 32.3 Å². The van der Waals surface area contributed by atoms with Crippen LogP contribution in [0.25, 0.3) is 0 Å². The summed E-state index contributed by atoms with van der Waals surface area (Å²) in [6, 6.07) is 9.47. The molecule has 0 radical (unpaired) electrons. The summed E-state index contributed by atoms with van der Waals surface area (Å²) < 4.78 is 42.0. The Morgan fingerprint density at radius 1 is 1.06 bits per heavy atom. The molecule has 2 aromatic rings. The van der Waals surface area contributed by atoms with Crippen LogP contribution in [0, 0.1) is 0 Å². The Labute approximate surface area is 198 Å². The number of carbonyl (C=O) groups excluding carboxylic acids is 4. The van der Waals surface area contributed by atoms with Gasteiger partial charge < -0.3 is 10.6 Å². The molecule has 1 saturated heterocycles. The van der Waals surface area contributed by atoms with Crippen molar-refractivity contribution in [1.29, 1.82) is 0 Å². The van der Waals surface area contributed by atoms with Gasteiger partial charge >= 0.3 is 12.2 Å². The molecule has 3 aliphatic rings. The molecule has 1 spiro atoms. The summed E-state index contributed by atoms with van der Waals surface area (Å²) in [7, 11) is 0. The van der Waals surface area contributed by atoms with Crippen molar-refractivity contribution >= 4 is 35.1 Å². The van der Waals surface area contributed by atoms with Crippen LogP contribution in [0.2, 0.25) is 0 Å². The minimum absolute atomic E-state index is 0.0347. The second-order valence-corrected chi connectivity index (χ2v) is 8.83. The summed E-state index contributed by atoms with van der Waals surface area (Å²) in [4.78, 5) is 53.0. The standard InChI is InChI=1S/C24H21F3N4O4/c25-24(26,27)18-12-19(32)28-16-9-3-4-10-17(16)31(18)20(33)13-30-21(34)23(29-22(30)35)11-5-7-14-6-1-2-8-15(14)23/h1-4,6,8-10,18H,5,7,11-13H2,(H,28,32)(H,29,35)/t18-,23-/m0/s1. The van der Waals surface area contributed by atoms with Crippen LogP contribution in [0.15, 0.2) is 48.5 Å². The number of aryl methyl sites for hydroxylation is 1. The number of fused-ring (bicyclic) bond motifs is 3. The van der Waals surface area contributed by atoms with Gasteiger partial charge in [-0.2, -0.15) is 13.2 Å². The van der Waals surface area contributed by atoms with E-state index in [1.54, 1.807) is 12.1 Å². The summed E-state index contributed by atoms with van der Waals surface area (Å²) in [6.07, 6.45) is -4.28. The van der Waals surface area contributed by atoms with E-state index in [4.69, 9.17) is 0 Å². The number of amides is 5. The molecule has 2 aromatic carbocycles. The Morgan fingerprint density at radius 3 is 2.54 bits per heavy atom. The van der Waals surface area contributed by atoms with Crippen LogP contribution >= 0.6 is 0 Å². The van der Waals surface area contributed by atoms with Gasteiger partial charge in [0.25, 0.3) is 5.91 Å². The Balaban J connectivity index is 1.50. The van der Waals surface area contributed by atoms with E-state index >= 15 is 0 Å². The average molecular weight is 486 g/mol. The molecule has 0 unspecified atom stereocenters. The number of urea groups is 1.